The van der Waals surface area contributed by atoms with E-state index >= 15 is 0 Å². The molecule has 2 rings (SSSR count). The van der Waals surface area contributed by atoms with Crippen LogP contribution in [0.3, 0.4) is 0 Å². The third kappa shape index (κ3) is 2.93. The van der Waals surface area contributed by atoms with Gasteiger partial charge in [0.15, 0.2) is 11.6 Å². The molecule has 5 heteroatoms. The minimum absolute atomic E-state index is 0.135. The molecule has 106 valence electrons. The molecule has 0 aliphatic rings. The third-order valence-electron chi connectivity index (χ3n) is 2.78. The molecule has 0 unspecified atom stereocenters. The predicted molar refractivity (Wildman–Crippen MR) is 78.3 cm³/mol. The molecule has 0 atom stereocenters. The maximum absolute atomic E-state index is 13.5. The van der Waals surface area contributed by atoms with Crippen LogP contribution in [0.25, 0.3) is 0 Å². The molecule has 20 heavy (non-hydrogen) atoms. The van der Waals surface area contributed by atoms with E-state index in [1.165, 1.54) is 19.2 Å². The largest absolute Gasteiger partial charge is 0.494 e. The molecular weight excluding hydrogens is 259 g/mol. The van der Waals surface area contributed by atoms with E-state index in [1.807, 2.05) is 31.2 Å². The highest BCUT2D eigenvalue weighted by Crippen LogP contribution is 2.33. The molecule has 4 nitrogen and oxygen atoms in total. The van der Waals surface area contributed by atoms with Crippen LogP contribution in [0.5, 0.6) is 11.5 Å². The van der Waals surface area contributed by atoms with Crippen molar-refractivity contribution in [1.29, 1.82) is 0 Å². The van der Waals surface area contributed by atoms with E-state index in [-0.39, 0.29) is 5.75 Å². The summed E-state index contributed by atoms with van der Waals surface area (Å²) in [5, 5.41) is 3.13. The van der Waals surface area contributed by atoms with Gasteiger partial charge in [-0.15, -0.1) is 0 Å². The minimum atomic E-state index is -0.492. The fourth-order valence-electron chi connectivity index (χ4n) is 1.83. The summed E-state index contributed by atoms with van der Waals surface area (Å²) in [4.78, 5) is 0. The number of nitrogen functional groups attached to an aromatic ring is 1. The van der Waals surface area contributed by atoms with Crippen LogP contribution in [-0.4, -0.2) is 13.7 Å². The summed E-state index contributed by atoms with van der Waals surface area (Å²) in [6.07, 6.45) is 0. The van der Waals surface area contributed by atoms with Gasteiger partial charge in [-0.3, -0.25) is 0 Å². The molecule has 0 fully saturated rings. The molecule has 0 saturated carbocycles. The lowest BCUT2D eigenvalue weighted by atomic mass is 10.2. The molecule has 0 amide bonds. The van der Waals surface area contributed by atoms with Gasteiger partial charge in [-0.2, -0.15) is 0 Å². The summed E-state index contributed by atoms with van der Waals surface area (Å²) in [6, 6.07) is 10.2. The van der Waals surface area contributed by atoms with E-state index in [4.69, 9.17) is 15.2 Å². The molecule has 3 N–H and O–H groups in total. The summed E-state index contributed by atoms with van der Waals surface area (Å²) < 4.78 is 24.0. The Kier molecular flexibility index (Phi) is 4.30. The summed E-state index contributed by atoms with van der Waals surface area (Å²) >= 11 is 0. The van der Waals surface area contributed by atoms with Crippen molar-refractivity contribution < 1.29 is 13.9 Å². The first-order valence-corrected chi connectivity index (χ1v) is 6.27. The molecule has 0 aliphatic carbocycles. The molecule has 0 bridgehead atoms. The van der Waals surface area contributed by atoms with Crippen LogP contribution in [0, 0.1) is 5.82 Å². The Morgan fingerprint density at radius 2 is 1.90 bits per heavy atom. The van der Waals surface area contributed by atoms with E-state index in [0.29, 0.717) is 23.7 Å². The number of hydrogen-bond donors (Lipinski definition) is 2. The maximum atomic E-state index is 13.5. The number of nitrogens with one attached hydrogen (secondary N) is 1. The molecule has 0 radical (unpaired) electrons. The summed E-state index contributed by atoms with van der Waals surface area (Å²) in [6.45, 7) is 2.47. The van der Waals surface area contributed by atoms with Gasteiger partial charge in [0, 0.05) is 12.1 Å². The van der Waals surface area contributed by atoms with Crippen molar-refractivity contribution in [3.8, 4) is 11.5 Å². The maximum Gasteiger partial charge on any atom is 0.167 e. The topological polar surface area (TPSA) is 56.5 Å². The lowest BCUT2D eigenvalue weighted by molar-refractivity contribution is 0.342. The monoisotopic (exact) mass is 276 g/mol. The normalized spacial score (nSPS) is 10.2. The number of rotatable bonds is 5. The highest BCUT2D eigenvalue weighted by molar-refractivity contribution is 5.76. The second kappa shape index (κ2) is 6.14. The third-order valence-corrected chi connectivity index (χ3v) is 2.78. The van der Waals surface area contributed by atoms with Crippen LogP contribution in [0.15, 0.2) is 36.4 Å². The van der Waals surface area contributed by atoms with Crippen LogP contribution in [0.1, 0.15) is 6.92 Å². The Hall–Kier alpha value is -2.43. The standard InChI is InChI=1S/C15H17FN2O2/c1-3-20-14-7-5-4-6-12(14)18-13-9-15(19-2)10(16)8-11(13)17/h4-9,18H,3,17H2,1-2H3. The number of halogens is 1. The summed E-state index contributed by atoms with van der Waals surface area (Å²) in [5.74, 6) is 0.349. The first-order valence-electron chi connectivity index (χ1n) is 6.27. The molecule has 0 saturated heterocycles. The smallest absolute Gasteiger partial charge is 0.167 e. The molecule has 0 spiro atoms. The number of nitrogens with two attached hydrogens (primary N) is 1. The lowest BCUT2D eigenvalue weighted by Crippen LogP contribution is -2.01. The number of anilines is 3. The molecular formula is C15H17FN2O2. The van der Waals surface area contributed by atoms with Gasteiger partial charge in [0.2, 0.25) is 0 Å². The van der Waals surface area contributed by atoms with Gasteiger partial charge in [0.1, 0.15) is 5.75 Å². The Morgan fingerprint density at radius 1 is 1.15 bits per heavy atom. The number of para-hydroxylation sites is 2. The molecule has 0 heterocycles. The van der Waals surface area contributed by atoms with Crippen molar-refractivity contribution in [3.63, 3.8) is 0 Å². The van der Waals surface area contributed by atoms with Crippen LogP contribution in [0.2, 0.25) is 0 Å². The Labute approximate surface area is 117 Å². The quantitative estimate of drug-likeness (QED) is 0.820. The number of ether oxygens (including phenoxy) is 2. The minimum Gasteiger partial charge on any atom is -0.494 e. The number of hydrogen-bond acceptors (Lipinski definition) is 4. The van der Waals surface area contributed by atoms with Crippen molar-refractivity contribution in [2.45, 2.75) is 6.92 Å². The Balaban J connectivity index is 2.35. The van der Waals surface area contributed by atoms with Crippen molar-refractivity contribution >= 4 is 17.1 Å². The van der Waals surface area contributed by atoms with Gasteiger partial charge in [-0.1, -0.05) is 12.1 Å². The van der Waals surface area contributed by atoms with Crippen molar-refractivity contribution in [3.05, 3.63) is 42.2 Å². The SMILES string of the molecule is CCOc1ccccc1Nc1cc(OC)c(F)cc1N. The van der Waals surface area contributed by atoms with E-state index in [1.54, 1.807) is 0 Å². The Bertz CT molecular complexity index is 602. The average Bonchev–Trinajstić information content (AvgIpc) is 2.44. The van der Waals surface area contributed by atoms with Gasteiger partial charge < -0.3 is 20.5 Å². The van der Waals surface area contributed by atoms with Crippen molar-refractivity contribution in [2.24, 2.45) is 0 Å². The predicted octanol–water partition coefficient (Wildman–Crippen LogP) is 3.56. The first kappa shape index (κ1) is 14.0. The lowest BCUT2D eigenvalue weighted by Gasteiger charge is -2.15. The highest BCUT2D eigenvalue weighted by atomic mass is 19.1. The number of methoxy groups -OCH3 is 1. The average molecular weight is 276 g/mol. The molecule has 2 aromatic carbocycles. The zero-order valence-corrected chi connectivity index (χ0v) is 11.4. The summed E-state index contributed by atoms with van der Waals surface area (Å²) in [5.41, 5.74) is 7.44. The summed E-state index contributed by atoms with van der Waals surface area (Å²) in [7, 11) is 1.41. The van der Waals surface area contributed by atoms with Crippen LogP contribution < -0.4 is 20.5 Å². The van der Waals surface area contributed by atoms with Gasteiger partial charge in [0.25, 0.3) is 0 Å². The van der Waals surface area contributed by atoms with E-state index in [9.17, 15) is 4.39 Å². The van der Waals surface area contributed by atoms with Gasteiger partial charge >= 0.3 is 0 Å². The van der Waals surface area contributed by atoms with Crippen LogP contribution >= 0.6 is 0 Å². The second-order valence-corrected chi connectivity index (χ2v) is 4.13. The van der Waals surface area contributed by atoms with Gasteiger partial charge in [-0.05, 0) is 19.1 Å². The molecule has 0 aliphatic heterocycles. The van der Waals surface area contributed by atoms with Crippen LogP contribution in [0.4, 0.5) is 21.5 Å². The first-order chi connectivity index (χ1) is 9.65. The van der Waals surface area contributed by atoms with Crippen LogP contribution in [-0.2, 0) is 0 Å². The molecule has 2 aromatic rings. The van der Waals surface area contributed by atoms with Crippen molar-refractivity contribution in [2.75, 3.05) is 24.8 Å². The highest BCUT2D eigenvalue weighted by Gasteiger charge is 2.10. The number of benzene rings is 2. The zero-order chi connectivity index (χ0) is 14.5. The van der Waals surface area contributed by atoms with E-state index in [2.05, 4.69) is 5.32 Å². The molecule has 0 aromatic heterocycles. The van der Waals surface area contributed by atoms with E-state index < -0.39 is 5.82 Å². The van der Waals surface area contributed by atoms with Gasteiger partial charge in [0.05, 0.1) is 30.8 Å². The van der Waals surface area contributed by atoms with Crippen molar-refractivity contribution in [1.82, 2.24) is 0 Å². The Morgan fingerprint density at radius 3 is 2.60 bits per heavy atom. The van der Waals surface area contributed by atoms with Gasteiger partial charge in [-0.25, -0.2) is 4.39 Å². The fourth-order valence-corrected chi connectivity index (χ4v) is 1.83. The zero-order valence-electron chi connectivity index (χ0n) is 11.4. The van der Waals surface area contributed by atoms with E-state index in [0.717, 1.165) is 5.69 Å². The second-order valence-electron chi connectivity index (χ2n) is 4.13. The fraction of sp³-hybridized carbons (Fsp3) is 0.200.